The Hall–Kier alpha value is -1.95. The van der Waals surface area contributed by atoms with Crippen molar-refractivity contribution >= 4 is 5.91 Å². The van der Waals surface area contributed by atoms with Crippen molar-refractivity contribution in [2.45, 2.75) is 13.5 Å². The topological polar surface area (TPSA) is 68.8 Å². The summed E-state index contributed by atoms with van der Waals surface area (Å²) in [5.74, 6) is 1.30. The van der Waals surface area contributed by atoms with Gasteiger partial charge in [-0.1, -0.05) is 6.92 Å². The highest BCUT2D eigenvalue weighted by atomic mass is 16.5. The van der Waals surface area contributed by atoms with E-state index >= 15 is 0 Å². The van der Waals surface area contributed by atoms with Crippen LogP contribution in [0.25, 0.3) is 0 Å². The third kappa shape index (κ3) is 4.31. The molecule has 1 amide bonds. The van der Waals surface area contributed by atoms with E-state index in [9.17, 15) is 4.79 Å². The molecule has 0 saturated heterocycles. The van der Waals surface area contributed by atoms with Crippen molar-refractivity contribution in [2.24, 2.45) is 0 Å². The molecule has 1 rings (SSSR count). The number of hydrogen-bond acceptors (Lipinski definition) is 5. The van der Waals surface area contributed by atoms with Gasteiger partial charge in [-0.3, -0.25) is 4.79 Å². The smallest absolute Gasteiger partial charge is 0.257 e. The molecule has 0 aromatic heterocycles. The molecule has 0 bridgehead atoms. The molecule has 0 saturated carbocycles. The van der Waals surface area contributed by atoms with Gasteiger partial charge in [0.15, 0.2) is 18.1 Å². The molecule has 0 unspecified atom stereocenters. The van der Waals surface area contributed by atoms with Crippen LogP contribution in [0.3, 0.4) is 0 Å². The Morgan fingerprint density at radius 2 is 1.80 bits per heavy atom. The van der Waals surface area contributed by atoms with Crippen LogP contribution in [0.5, 0.6) is 17.2 Å². The van der Waals surface area contributed by atoms with Gasteiger partial charge in [-0.15, -0.1) is 0 Å². The minimum Gasteiger partial charge on any atom is -0.493 e. The zero-order valence-corrected chi connectivity index (χ0v) is 12.4. The number of amides is 1. The number of ether oxygens (including phenoxy) is 3. The van der Waals surface area contributed by atoms with Crippen LogP contribution in [-0.4, -0.2) is 40.3 Å². The second-order valence-corrected chi connectivity index (χ2v) is 4.07. The lowest BCUT2D eigenvalue weighted by Crippen LogP contribution is -2.25. The predicted molar refractivity (Wildman–Crippen MR) is 76.5 cm³/mol. The fraction of sp³-hybridized carbons (Fsp3) is 0.500. The summed E-state index contributed by atoms with van der Waals surface area (Å²) in [4.78, 5) is 11.3. The van der Waals surface area contributed by atoms with Crippen LogP contribution in [-0.2, 0) is 11.3 Å². The molecular formula is C14H22N2O4. The van der Waals surface area contributed by atoms with Crippen LogP contribution in [0.1, 0.15) is 12.5 Å². The molecule has 0 radical (unpaired) electrons. The summed E-state index contributed by atoms with van der Waals surface area (Å²) in [7, 11) is 4.66. The normalized spacial score (nSPS) is 10.0. The molecule has 0 atom stereocenters. The van der Waals surface area contributed by atoms with Crippen molar-refractivity contribution in [3.8, 4) is 17.2 Å². The van der Waals surface area contributed by atoms with Gasteiger partial charge < -0.3 is 24.8 Å². The van der Waals surface area contributed by atoms with Crippen LogP contribution >= 0.6 is 0 Å². The van der Waals surface area contributed by atoms with Crippen LogP contribution in [0.4, 0.5) is 0 Å². The molecular weight excluding hydrogens is 260 g/mol. The fourth-order valence-corrected chi connectivity index (χ4v) is 1.66. The first kappa shape index (κ1) is 16.1. The van der Waals surface area contributed by atoms with Crippen molar-refractivity contribution in [3.63, 3.8) is 0 Å². The quantitative estimate of drug-likeness (QED) is 0.742. The Kier molecular flexibility index (Phi) is 6.66. The molecule has 2 N–H and O–H groups in total. The monoisotopic (exact) mass is 282 g/mol. The standard InChI is InChI=1S/C14H22N2O4/c1-5-16-8-10-6-11(18-3)14(12(7-10)19-4)20-9-13(17)15-2/h6-7,16H,5,8-9H2,1-4H3,(H,15,17). The van der Waals surface area contributed by atoms with Gasteiger partial charge in [0.1, 0.15) is 0 Å². The Labute approximate surface area is 119 Å². The number of hydrogen-bond donors (Lipinski definition) is 2. The van der Waals surface area contributed by atoms with E-state index < -0.39 is 0 Å². The van der Waals surface area contributed by atoms with Gasteiger partial charge in [0.2, 0.25) is 5.75 Å². The summed E-state index contributed by atoms with van der Waals surface area (Å²) in [5, 5.41) is 5.72. The Morgan fingerprint density at radius 3 is 2.25 bits per heavy atom. The lowest BCUT2D eigenvalue weighted by Gasteiger charge is -2.16. The number of benzene rings is 1. The first-order valence-corrected chi connectivity index (χ1v) is 6.45. The highest BCUT2D eigenvalue weighted by Crippen LogP contribution is 2.38. The maximum Gasteiger partial charge on any atom is 0.257 e. The Morgan fingerprint density at radius 1 is 1.20 bits per heavy atom. The maximum atomic E-state index is 11.3. The molecule has 0 aliphatic heterocycles. The molecule has 6 heteroatoms. The van der Waals surface area contributed by atoms with E-state index in [-0.39, 0.29) is 12.5 Å². The van der Waals surface area contributed by atoms with Crippen molar-refractivity contribution in [1.29, 1.82) is 0 Å². The average molecular weight is 282 g/mol. The van der Waals surface area contributed by atoms with E-state index in [0.29, 0.717) is 23.8 Å². The molecule has 0 spiro atoms. The first-order valence-electron chi connectivity index (χ1n) is 6.45. The lowest BCUT2D eigenvalue weighted by molar-refractivity contribution is -0.122. The van der Waals surface area contributed by atoms with Gasteiger partial charge in [0.05, 0.1) is 14.2 Å². The lowest BCUT2D eigenvalue weighted by atomic mass is 10.1. The summed E-state index contributed by atoms with van der Waals surface area (Å²) >= 11 is 0. The minimum atomic E-state index is -0.217. The van der Waals surface area contributed by atoms with Gasteiger partial charge >= 0.3 is 0 Å². The van der Waals surface area contributed by atoms with E-state index in [1.165, 1.54) is 0 Å². The molecule has 0 fully saturated rings. The van der Waals surface area contributed by atoms with E-state index in [2.05, 4.69) is 10.6 Å². The maximum absolute atomic E-state index is 11.3. The molecule has 0 aliphatic rings. The highest BCUT2D eigenvalue weighted by molar-refractivity contribution is 5.77. The van der Waals surface area contributed by atoms with E-state index in [1.807, 2.05) is 19.1 Å². The summed E-state index contributed by atoms with van der Waals surface area (Å²) in [6, 6.07) is 3.73. The van der Waals surface area contributed by atoms with Crippen molar-refractivity contribution in [2.75, 3.05) is 34.4 Å². The predicted octanol–water partition coefficient (Wildman–Crippen LogP) is 0.938. The van der Waals surface area contributed by atoms with E-state index in [0.717, 1.165) is 12.1 Å². The zero-order chi connectivity index (χ0) is 15.0. The van der Waals surface area contributed by atoms with Crippen molar-refractivity contribution in [3.05, 3.63) is 17.7 Å². The minimum absolute atomic E-state index is 0.0875. The third-order valence-electron chi connectivity index (χ3n) is 2.73. The summed E-state index contributed by atoms with van der Waals surface area (Å²) in [5.41, 5.74) is 1.02. The van der Waals surface area contributed by atoms with Crippen molar-refractivity contribution < 1.29 is 19.0 Å². The van der Waals surface area contributed by atoms with Crippen LogP contribution in [0.2, 0.25) is 0 Å². The highest BCUT2D eigenvalue weighted by Gasteiger charge is 2.15. The van der Waals surface area contributed by atoms with E-state index in [1.54, 1.807) is 21.3 Å². The SMILES string of the molecule is CCNCc1cc(OC)c(OCC(=O)NC)c(OC)c1. The molecule has 6 nitrogen and oxygen atoms in total. The second kappa shape index (κ2) is 8.27. The zero-order valence-electron chi connectivity index (χ0n) is 12.4. The molecule has 112 valence electrons. The fourth-order valence-electron chi connectivity index (χ4n) is 1.66. The molecule has 1 aromatic rings. The summed E-state index contributed by atoms with van der Waals surface area (Å²) in [6.07, 6.45) is 0. The number of carbonyl (C=O) groups excluding carboxylic acids is 1. The van der Waals surface area contributed by atoms with Crippen LogP contribution in [0.15, 0.2) is 12.1 Å². The molecule has 20 heavy (non-hydrogen) atoms. The second-order valence-electron chi connectivity index (χ2n) is 4.07. The Balaban J connectivity index is 2.98. The van der Waals surface area contributed by atoms with Gasteiger partial charge in [-0.25, -0.2) is 0 Å². The summed E-state index contributed by atoms with van der Waals surface area (Å²) < 4.78 is 16.1. The van der Waals surface area contributed by atoms with E-state index in [4.69, 9.17) is 14.2 Å². The largest absolute Gasteiger partial charge is 0.493 e. The van der Waals surface area contributed by atoms with Gasteiger partial charge in [0, 0.05) is 13.6 Å². The van der Waals surface area contributed by atoms with Gasteiger partial charge in [-0.2, -0.15) is 0 Å². The number of carbonyl (C=O) groups is 1. The van der Waals surface area contributed by atoms with Gasteiger partial charge in [0.25, 0.3) is 5.91 Å². The van der Waals surface area contributed by atoms with Crippen LogP contribution in [0, 0.1) is 0 Å². The molecule has 0 heterocycles. The van der Waals surface area contributed by atoms with Gasteiger partial charge in [-0.05, 0) is 24.2 Å². The number of methoxy groups -OCH3 is 2. The van der Waals surface area contributed by atoms with Crippen LogP contribution < -0.4 is 24.8 Å². The number of nitrogens with one attached hydrogen (secondary N) is 2. The first-order chi connectivity index (χ1) is 9.65. The third-order valence-corrected chi connectivity index (χ3v) is 2.73. The molecule has 1 aromatic carbocycles. The molecule has 0 aliphatic carbocycles. The Bertz CT molecular complexity index is 424. The number of likely N-dealkylation sites (N-methyl/N-ethyl adjacent to an activating group) is 1. The van der Waals surface area contributed by atoms with Crippen molar-refractivity contribution in [1.82, 2.24) is 10.6 Å². The average Bonchev–Trinajstić information content (AvgIpc) is 2.49. The summed E-state index contributed by atoms with van der Waals surface area (Å²) in [6.45, 7) is 3.53. The number of rotatable bonds is 8.